The summed E-state index contributed by atoms with van der Waals surface area (Å²) in [5, 5.41) is 11.3. The molecule has 1 amide bonds. The van der Waals surface area contributed by atoms with Gasteiger partial charge >= 0.3 is 5.97 Å². The minimum absolute atomic E-state index is 0.178. The van der Waals surface area contributed by atoms with E-state index in [2.05, 4.69) is 27.9 Å². The van der Waals surface area contributed by atoms with Gasteiger partial charge in [-0.1, -0.05) is 18.2 Å². The zero-order valence-corrected chi connectivity index (χ0v) is 13.1. The Balaban J connectivity index is 2.06. The van der Waals surface area contributed by atoms with E-state index in [0.29, 0.717) is 11.3 Å². The van der Waals surface area contributed by atoms with Gasteiger partial charge in [0.15, 0.2) is 0 Å². The van der Waals surface area contributed by atoms with Crippen LogP contribution in [-0.2, 0) is 4.79 Å². The molecule has 2 aromatic carbocycles. The Morgan fingerprint density at radius 3 is 2.43 bits per heavy atom. The van der Waals surface area contributed by atoms with E-state index in [4.69, 9.17) is 5.11 Å². The van der Waals surface area contributed by atoms with Crippen molar-refractivity contribution in [3.05, 3.63) is 69.3 Å². The minimum Gasteiger partial charge on any atom is -0.478 e. The fourth-order valence-corrected chi connectivity index (χ4v) is 2.22. The van der Waals surface area contributed by atoms with Crippen LogP contribution in [0.4, 0.5) is 5.69 Å². The number of carboxylic acids is 1. The third kappa shape index (κ3) is 4.71. The zero-order valence-electron chi connectivity index (χ0n) is 10.9. The molecule has 2 N–H and O–H groups in total. The maximum absolute atomic E-state index is 12.1. The van der Waals surface area contributed by atoms with Gasteiger partial charge in [0, 0.05) is 20.9 Å². The summed E-state index contributed by atoms with van der Waals surface area (Å²) in [6.07, 6.45) is 2.56. The van der Waals surface area contributed by atoms with Crippen molar-refractivity contribution in [2.75, 3.05) is 5.32 Å². The van der Waals surface area contributed by atoms with E-state index in [9.17, 15) is 9.59 Å². The molecule has 2 aromatic rings. The molecule has 4 nitrogen and oxygen atoms in total. The van der Waals surface area contributed by atoms with E-state index in [-0.39, 0.29) is 5.91 Å². The van der Waals surface area contributed by atoms with Gasteiger partial charge in [0.05, 0.1) is 0 Å². The van der Waals surface area contributed by atoms with E-state index in [1.165, 1.54) is 6.08 Å². The van der Waals surface area contributed by atoms with Gasteiger partial charge in [-0.3, -0.25) is 4.79 Å². The number of carbonyl (C=O) groups excluding carboxylic acids is 1. The van der Waals surface area contributed by atoms with Gasteiger partial charge in [-0.15, -0.1) is 0 Å². The maximum Gasteiger partial charge on any atom is 0.328 e. The van der Waals surface area contributed by atoms with Crippen LogP contribution in [0, 0.1) is 3.57 Å². The Bertz CT molecular complexity index is 693. The number of carbonyl (C=O) groups is 2. The molecule has 0 atom stereocenters. The molecule has 0 saturated heterocycles. The number of nitrogens with one attached hydrogen (secondary N) is 1. The molecule has 0 aromatic heterocycles. The number of carboxylic acid groups (broad SMARTS) is 1. The molecule has 0 bridgehead atoms. The second kappa shape index (κ2) is 7.03. The number of hydrogen-bond acceptors (Lipinski definition) is 2. The van der Waals surface area contributed by atoms with Crippen molar-refractivity contribution in [2.45, 2.75) is 0 Å². The fraction of sp³-hybridized carbons (Fsp3) is 0. The molecule has 0 spiro atoms. The number of aliphatic carboxylic acids is 1. The van der Waals surface area contributed by atoms with Crippen LogP contribution in [0.3, 0.4) is 0 Å². The summed E-state index contributed by atoms with van der Waals surface area (Å²) >= 11 is 2.15. The second-order valence-corrected chi connectivity index (χ2v) is 5.50. The van der Waals surface area contributed by atoms with E-state index in [1.54, 1.807) is 36.4 Å². The minimum atomic E-state index is -0.994. The summed E-state index contributed by atoms with van der Waals surface area (Å²) in [5.74, 6) is -1.17. The van der Waals surface area contributed by atoms with Crippen LogP contribution in [0.25, 0.3) is 6.08 Å². The first-order valence-corrected chi connectivity index (χ1v) is 7.20. The monoisotopic (exact) mass is 393 g/mol. The Kier molecular flexibility index (Phi) is 5.10. The number of benzene rings is 2. The van der Waals surface area contributed by atoms with Crippen LogP contribution in [0.5, 0.6) is 0 Å². The Morgan fingerprint density at radius 1 is 1.10 bits per heavy atom. The SMILES string of the molecule is O=C(O)/C=C/c1ccc(NC(=O)c2cccc(I)c2)cc1. The molecule has 106 valence electrons. The molecule has 0 aliphatic carbocycles. The first kappa shape index (κ1) is 15.2. The third-order valence-electron chi connectivity index (χ3n) is 2.67. The normalized spacial score (nSPS) is 10.5. The molecule has 0 fully saturated rings. The highest BCUT2D eigenvalue weighted by Crippen LogP contribution is 2.14. The van der Waals surface area contributed by atoms with E-state index < -0.39 is 5.97 Å². The smallest absolute Gasteiger partial charge is 0.328 e. The molecule has 0 radical (unpaired) electrons. The lowest BCUT2D eigenvalue weighted by Crippen LogP contribution is -2.11. The van der Waals surface area contributed by atoms with E-state index in [1.807, 2.05) is 12.1 Å². The van der Waals surface area contributed by atoms with Crippen molar-refractivity contribution < 1.29 is 14.7 Å². The molecule has 0 aliphatic rings. The lowest BCUT2D eigenvalue weighted by molar-refractivity contribution is -0.131. The Hall–Kier alpha value is -2.15. The van der Waals surface area contributed by atoms with E-state index >= 15 is 0 Å². The summed E-state index contributed by atoms with van der Waals surface area (Å²) in [5.41, 5.74) is 2.01. The third-order valence-corrected chi connectivity index (χ3v) is 3.34. The molecule has 0 aliphatic heterocycles. The first-order valence-electron chi connectivity index (χ1n) is 6.12. The summed E-state index contributed by atoms with van der Waals surface area (Å²) in [4.78, 5) is 22.5. The standard InChI is InChI=1S/C16H12INO3/c17-13-3-1-2-12(10-13)16(21)18-14-7-4-11(5-8-14)6-9-15(19)20/h1-10H,(H,18,21)(H,19,20)/b9-6+. The second-order valence-electron chi connectivity index (χ2n) is 4.26. The summed E-state index contributed by atoms with van der Waals surface area (Å²) in [7, 11) is 0. The molecule has 0 unspecified atom stereocenters. The van der Waals surface area contributed by atoms with Crippen molar-refractivity contribution in [1.29, 1.82) is 0 Å². The molecule has 5 heteroatoms. The van der Waals surface area contributed by atoms with Gasteiger partial charge in [0.1, 0.15) is 0 Å². The number of amides is 1. The van der Waals surface area contributed by atoms with Crippen molar-refractivity contribution >= 4 is 46.2 Å². The van der Waals surface area contributed by atoms with Crippen LogP contribution in [0.1, 0.15) is 15.9 Å². The molecule has 0 saturated carbocycles. The van der Waals surface area contributed by atoms with Crippen LogP contribution in [-0.4, -0.2) is 17.0 Å². The largest absolute Gasteiger partial charge is 0.478 e. The quantitative estimate of drug-likeness (QED) is 0.616. The van der Waals surface area contributed by atoms with Crippen LogP contribution in [0.15, 0.2) is 54.6 Å². The highest BCUT2D eigenvalue weighted by Gasteiger charge is 2.05. The number of rotatable bonds is 4. The predicted molar refractivity (Wildman–Crippen MR) is 90.2 cm³/mol. The van der Waals surface area contributed by atoms with Crippen LogP contribution < -0.4 is 5.32 Å². The van der Waals surface area contributed by atoms with Gasteiger partial charge in [0.2, 0.25) is 0 Å². The van der Waals surface area contributed by atoms with E-state index in [0.717, 1.165) is 15.2 Å². The Labute approximate surface area is 135 Å². The topological polar surface area (TPSA) is 66.4 Å². The number of halogens is 1. The summed E-state index contributed by atoms with van der Waals surface area (Å²) < 4.78 is 0.995. The number of hydrogen-bond donors (Lipinski definition) is 2. The van der Waals surface area contributed by atoms with Gasteiger partial charge in [0.25, 0.3) is 5.91 Å². The van der Waals surface area contributed by atoms with Crippen molar-refractivity contribution in [1.82, 2.24) is 0 Å². The van der Waals surface area contributed by atoms with Crippen LogP contribution in [0.2, 0.25) is 0 Å². The lowest BCUT2D eigenvalue weighted by Gasteiger charge is -2.06. The highest BCUT2D eigenvalue weighted by molar-refractivity contribution is 14.1. The molecular weight excluding hydrogens is 381 g/mol. The molecule has 2 rings (SSSR count). The predicted octanol–water partition coefficient (Wildman–Crippen LogP) is 3.64. The summed E-state index contributed by atoms with van der Waals surface area (Å²) in [6.45, 7) is 0. The fourth-order valence-electron chi connectivity index (χ4n) is 1.68. The van der Waals surface area contributed by atoms with Crippen molar-refractivity contribution in [2.24, 2.45) is 0 Å². The molecule has 21 heavy (non-hydrogen) atoms. The van der Waals surface area contributed by atoms with Gasteiger partial charge in [-0.25, -0.2) is 4.79 Å². The maximum atomic E-state index is 12.1. The van der Waals surface area contributed by atoms with Crippen molar-refractivity contribution in [3.63, 3.8) is 0 Å². The average Bonchev–Trinajstić information content (AvgIpc) is 2.46. The lowest BCUT2D eigenvalue weighted by atomic mass is 10.1. The Morgan fingerprint density at radius 2 is 1.81 bits per heavy atom. The van der Waals surface area contributed by atoms with Gasteiger partial charge in [-0.2, -0.15) is 0 Å². The molecule has 0 heterocycles. The average molecular weight is 393 g/mol. The number of anilines is 1. The zero-order chi connectivity index (χ0) is 15.2. The molecular formula is C16H12INO3. The van der Waals surface area contributed by atoms with Gasteiger partial charge < -0.3 is 10.4 Å². The first-order chi connectivity index (χ1) is 10.0. The van der Waals surface area contributed by atoms with Crippen LogP contribution >= 0.6 is 22.6 Å². The van der Waals surface area contributed by atoms with Crippen molar-refractivity contribution in [3.8, 4) is 0 Å². The van der Waals surface area contributed by atoms with Gasteiger partial charge in [-0.05, 0) is 64.6 Å². The summed E-state index contributed by atoms with van der Waals surface area (Å²) in [6, 6.07) is 14.2. The highest BCUT2D eigenvalue weighted by atomic mass is 127.